The Bertz CT molecular complexity index is 726. The topological polar surface area (TPSA) is 213 Å². The quantitative estimate of drug-likeness (QED) is 0.178. The molecule has 0 spiro atoms. The summed E-state index contributed by atoms with van der Waals surface area (Å²) in [6, 6.07) is -0.349. The van der Waals surface area contributed by atoms with Crippen molar-refractivity contribution < 1.29 is 53.5 Å². The fraction of sp³-hybridized carbons (Fsp3) is 0.737. The largest absolute Gasteiger partial charge is 0.481 e. The number of primary amides is 1. The molecule has 0 radical (unpaired) electrons. The number of carboxylic acids is 1. The van der Waals surface area contributed by atoms with Gasteiger partial charge in [-0.25, -0.2) is 4.79 Å². The van der Waals surface area contributed by atoms with Crippen LogP contribution in [-0.2, 0) is 33.4 Å². The third-order valence-corrected chi connectivity index (χ3v) is 4.98. The van der Waals surface area contributed by atoms with Gasteiger partial charge in [-0.15, -0.1) is 0 Å². The molecule has 0 saturated carbocycles. The van der Waals surface area contributed by atoms with Gasteiger partial charge < -0.3 is 45.1 Å². The first-order valence-electron chi connectivity index (χ1n) is 10.7. The summed E-state index contributed by atoms with van der Waals surface area (Å²) in [5.41, 5.74) is 5.00. The van der Waals surface area contributed by atoms with E-state index in [1.54, 1.807) is 4.90 Å². The van der Waals surface area contributed by atoms with Gasteiger partial charge in [0.15, 0.2) is 0 Å². The lowest BCUT2D eigenvalue weighted by atomic mass is 10.3. The first-order valence-corrected chi connectivity index (χ1v) is 10.7. The first-order chi connectivity index (χ1) is 16.7. The van der Waals surface area contributed by atoms with Crippen molar-refractivity contribution in [3.63, 3.8) is 0 Å². The Morgan fingerprint density at radius 1 is 0.857 bits per heavy atom. The summed E-state index contributed by atoms with van der Waals surface area (Å²) < 4.78 is 15.1. The highest BCUT2D eigenvalue weighted by molar-refractivity contribution is 5.97. The number of rotatable bonds is 9. The highest BCUT2D eigenvalue weighted by Crippen LogP contribution is 2.12. The Hall–Kier alpha value is -3.05. The maximum Gasteiger partial charge on any atom is 0.314 e. The van der Waals surface area contributed by atoms with Gasteiger partial charge in [0.2, 0.25) is 24.1 Å². The van der Waals surface area contributed by atoms with Crippen molar-refractivity contribution in [3.8, 4) is 0 Å². The molecule has 5 N–H and O–H groups in total. The molecule has 35 heavy (non-hydrogen) atoms. The number of hydrogen-bond acceptors (Lipinski definition) is 10. The third-order valence-electron chi connectivity index (χ3n) is 4.98. The van der Waals surface area contributed by atoms with E-state index in [1.165, 1.54) is 4.90 Å². The predicted octanol–water partition coefficient (Wildman–Crippen LogP) is -3.41. The second kappa shape index (κ2) is 15.8. The van der Waals surface area contributed by atoms with Crippen molar-refractivity contribution in [3.05, 3.63) is 0 Å². The number of nitrogens with two attached hydrogens (primary N) is 1. The van der Waals surface area contributed by atoms with Crippen LogP contribution in [0.15, 0.2) is 0 Å². The third kappa shape index (κ3) is 9.99. The van der Waals surface area contributed by atoms with Gasteiger partial charge in [0.1, 0.15) is 26.3 Å². The number of methoxy groups -OCH3 is 1. The molecule has 0 aromatic carbocycles. The molecule has 200 valence electrons. The Morgan fingerprint density at radius 2 is 1.29 bits per heavy atom. The van der Waals surface area contributed by atoms with Gasteiger partial charge in [-0.1, -0.05) is 0 Å². The SMILES string of the molecule is COC(N(CO)C(=O)CC(=O)O)N(CO)C(=O)CC(=O)N1CCOCC1.NC(=O)N1CCOCC1. The lowest BCUT2D eigenvalue weighted by Crippen LogP contribution is -2.56. The molecule has 2 aliphatic rings. The van der Waals surface area contributed by atoms with Gasteiger partial charge in [-0.2, -0.15) is 0 Å². The van der Waals surface area contributed by atoms with Crippen LogP contribution in [0.4, 0.5) is 4.79 Å². The molecule has 2 saturated heterocycles. The summed E-state index contributed by atoms with van der Waals surface area (Å²) in [6.07, 6.45) is -3.10. The van der Waals surface area contributed by atoms with Crippen LogP contribution < -0.4 is 5.73 Å². The molecule has 16 heteroatoms. The Morgan fingerprint density at radius 3 is 1.63 bits per heavy atom. The molecule has 2 rings (SSSR count). The number of amides is 5. The van der Waals surface area contributed by atoms with E-state index in [-0.39, 0.29) is 6.03 Å². The van der Waals surface area contributed by atoms with Gasteiger partial charge in [0.25, 0.3) is 0 Å². The van der Waals surface area contributed by atoms with Crippen LogP contribution in [-0.4, -0.2) is 144 Å². The zero-order valence-electron chi connectivity index (χ0n) is 19.5. The fourth-order valence-electron chi connectivity index (χ4n) is 3.14. The van der Waals surface area contributed by atoms with Crippen LogP contribution in [0.5, 0.6) is 0 Å². The highest BCUT2D eigenvalue weighted by Gasteiger charge is 2.33. The Labute approximate surface area is 201 Å². The van der Waals surface area contributed by atoms with Gasteiger partial charge >= 0.3 is 12.0 Å². The van der Waals surface area contributed by atoms with Crippen LogP contribution in [0.2, 0.25) is 0 Å². The predicted molar refractivity (Wildman–Crippen MR) is 115 cm³/mol. The fourth-order valence-corrected chi connectivity index (χ4v) is 3.14. The van der Waals surface area contributed by atoms with Crippen LogP contribution in [0.1, 0.15) is 12.8 Å². The van der Waals surface area contributed by atoms with Gasteiger partial charge in [-0.05, 0) is 0 Å². The molecule has 0 bridgehead atoms. The molecule has 5 amide bonds. The number of urea groups is 1. The minimum absolute atomic E-state index is 0.332. The number of carbonyl (C=O) groups excluding carboxylic acids is 4. The Kier molecular flexibility index (Phi) is 13.5. The van der Waals surface area contributed by atoms with E-state index in [9.17, 15) is 34.2 Å². The van der Waals surface area contributed by atoms with E-state index in [0.717, 1.165) is 7.11 Å². The van der Waals surface area contributed by atoms with E-state index in [4.69, 9.17) is 25.1 Å². The van der Waals surface area contributed by atoms with Crippen molar-refractivity contribution in [1.29, 1.82) is 0 Å². The number of morpholine rings is 2. The summed E-state index contributed by atoms with van der Waals surface area (Å²) in [5.74, 6) is -3.80. The van der Waals surface area contributed by atoms with Crippen LogP contribution in [0.25, 0.3) is 0 Å². The van der Waals surface area contributed by atoms with E-state index in [2.05, 4.69) is 0 Å². The molecule has 16 nitrogen and oxygen atoms in total. The summed E-state index contributed by atoms with van der Waals surface area (Å²) in [7, 11) is 1.10. The number of hydrogen-bond donors (Lipinski definition) is 4. The van der Waals surface area contributed by atoms with Crippen molar-refractivity contribution in [2.75, 3.05) is 73.2 Å². The van der Waals surface area contributed by atoms with Gasteiger partial charge in [0, 0.05) is 33.3 Å². The molecule has 0 aliphatic carbocycles. The van der Waals surface area contributed by atoms with Crippen LogP contribution in [0, 0.1) is 0 Å². The average molecular weight is 507 g/mol. The number of aliphatic carboxylic acids is 1. The smallest absolute Gasteiger partial charge is 0.314 e. The summed E-state index contributed by atoms with van der Waals surface area (Å²) in [6.45, 7) is 2.00. The zero-order valence-corrected chi connectivity index (χ0v) is 19.5. The van der Waals surface area contributed by atoms with Crippen molar-refractivity contribution >= 4 is 29.7 Å². The monoisotopic (exact) mass is 507 g/mol. The second-order valence-corrected chi connectivity index (χ2v) is 7.25. The van der Waals surface area contributed by atoms with E-state index in [0.29, 0.717) is 62.4 Å². The number of carbonyl (C=O) groups is 5. The van der Waals surface area contributed by atoms with E-state index < -0.39 is 56.3 Å². The van der Waals surface area contributed by atoms with E-state index in [1.807, 2.05) is 0 Å². The molecule has 2 heterocycles. The number of ether oxygens (including phenoxy) is 3. The minimum Gasteiger partial charge on any atom is -0.481 e. The summed E-state index contributed by atoms with van der Waals surface area (Å²) in [4.78, 5) is 61.7. The lowest BCUT2D eigenvalue weighted by molar-refractivity contribution is -0.194. The number of nitrogens with zero attached hydrogens (tertiary/aromatic N) is 4. The zero-order chi connectivity index (χ0) is 26.4. The van der Waals surface area contributed by atoms with Crippen molar-refractivity contribution in [2.24, 2.45) is 5.73 Å². The maximum atomic E-state index is 12.4. The normalized spacial score (nSPS) is 16.4. The van der Waals surface area contributed by atoms with Crippen LogP contribution in [0.3, 0.4) is 0 Å². The Balaban J connectivity index is 0.000000566. The molecule has 0 aromatic heterocycles. The molecule has 1 unspecified atom stereocenters. The summed E-state index contributed by atoms with van der Waals surface area (Å²) >= 11 is 0. The molecule has 2 aliphatic heterocycles. The van der Waals surface area contributed by atoms with E-state index >= 15 is 0 Å². The highest BCUT2D eigenvalue weighted by atomic mass is 16.5. The lowest BCUT2D eigenvalue weighted by Gasteiger charge is -2.36. The number of aliphatic hydroxyl groups is 2. The van der Waals surface area contributed by atoms with Gasteiger partial charge in [-0.3, -0.25) is 29.0 Å². The second-order valence-electron chi connectivity index (χ2n) is 7.25. The van der Waals surface area contributed by atoms with Crippen molar-refractivity contribution in [2.45, 2.75) is 19.2 Å². The standard InChI is InChI=1S/C14H23N3O9.C5H10N2O2/c1-25-14(17(9-19)12(22)7-13(23)24)16(8-18)11(21)6-10(20)15-2-4-26-5-3-15;6-5(8)7-1-3-9-4-2-7/h14,18-19H,2-9H2,1H3,(H,23,24);1-4H2,(H2,6,8). The van der Waals surface area contributed by atoms with Crippen LogP contribution >= 0.6 is 0 Å². The summed E-state index contributed by atoms with van der Waals surface area (Å²) in [5, 5.41) is 27.5. The molecule has 0 aromatic rings. The van der Waals surface area contributed by atoms with Crippen molar-refractivity contribution in [1.82, 2.24) is 19.6 Å². The maximum absolute atomic E-state index is 12.4. The molecule has 1 atom stereocenters. The van der Waals surface area contributed by atoms with Gasteiger partial charge in [0.05, 0.1) is 26.4 Å². The first kappa shape index (κ1) is 30.0. The number of aliphatic hydroxyl groups excluding tert-OH is 2. The molecular formula is C19H33N5O11. The average Bonchev–Trinajstić information content (AvgIpc) is 2.84. The molecular weight excluding hydrogens is 474 g/mol. The number of carboxylic acid groups (broad SMARTS) is 1. The molecule has 2 fully saturated rings. The minimum atomic E-state index is -1.57.